The maximum Gasteiger partial charge on any atom is 0.416 e. The Morgan fingerprint density at radius 2 is 1.75 bits per heavy atom. The van der Waals surface area contributed by atoms with Gasteiger partial charge in [0.2, 0.25) is 0 Å². The predicted molar refractivity (Wildman–Crippen MR) is 110 cm³/mol. The molecule has 3 rings (SSSR count). The summed E-state index contributed by atoms with van der Waals surface area (Å²) in [5, 5.41) is 5.34. The van der Waals surface area contributed by atoms with Crippen molar-refractivity contribution in [2.24, 2.45) is 0 Å². The van der Waals surface area contributed by atoms with Crippen molar-refractivity contribution in [1.29, 1.82) is 0 Å². The lowest BCUT2D eigenvalue weighted by atomic mass is 10.2. The first-order valence-electron chi connectivity index (χ1n) is 7.87. The number of thioether (sulfide) groups is 1. The second-order valence-electron chi connectivity index (χ2n) is 5.64. The zero-order valence-corrected chi connectivity index (χ0v) is 17.2. The lowest BCUT2D eigenvalue weighted by Crippen LogP contribution is -2.12. The highest BCUT2D eigenvalue weighted by molar-refractivity contribution is 7.98. The van der Waals surface area contributed by atoms with Gasteiger partial charge in [0, 0.05) is 26.4 Å². The molecule has 1 N–H and O–H groups in total. The molecule has 1 amide bonds. The van der Waals surface area contributed by atoms with Crippen molar-refractivity contribution in [3.05, 3.63) is 80.0 Å². The SMILES string of the molecule is O=C(Nc1cccc(C(F)(F)F)c1)c1sccc1SCc1c(Cl)cccc1Cl. The molecule has 0 aliphatic carbocycles. The van der Waals surface area contributed by atoms with E-state index in [1.807, 2.05) is 0 Å². The third kappa shape index (κ3) is 5.03. The molecular weight excluding hydrogens is 450 g/mol. The standard InChI is InChI=1S/C19H12Cl2F3NOS2/c20-14-5-2-6-15(21)13(14)10-28-16-7-8-27-17(16)18(26)25-12-4-1-3-11(9-12)19(22,23)24/h1-9H,10H2,(H,25,26). The van der Waals surface area contributed by atoms with Crippen LogP contribution in [-0.4, -0.2) is 5.91 Å². The van der Waals surface area contributed by atoms with Crippen molar-refractivity contribution in [2.75, 3.05) is 5.32 Å². The Bertz CT molecular complexity index is 985. The number of amides is 1. The van der Waals surface area contributed by atoms with Gasteiger partial charge in [-0.3, -0.25) is 4.79 Å². The third-order valence-corrected chi connectivity index (χ3v) is 6.55. The first-order chi connectivity index (χ1) is 13.3. The number of benzene rings is 2. The first-order valence-corrected chi connectivity index (χ1v) is 10.5. The van der Waals surface area contributed by atoms with Crippen molar-refractivity contribution in [1.82, 2.24) is 0 Å². The fraction of sp³-hybridized carbons (Fsp3) is 0.105. The number of carbonyl (C=O) groups is 1. The van der Waals surface area contributed by atoms with Gasteiger partial charge in [0.1, 0.15) is 4.88 Å². The maximum absolute atomic E-state index is 12.8. The monoisotopic (exact) mass is 461 g/mol. The second kappa shape index (κ2) is 8.78. The number of halogens is 5. The molecule has 2 aromatic carbocycles. The van der Waals surface area contributed by atoms with E-state index in [0.717, 1.165) is 17.7 Å². The van der Waals surface area contributed by atoms with Crippen molar-refractivity contribution >= 4 is 57.9 Å². The minimum absolute atomic E-state index is 0.0818. The van der Waals surface area contributed by atoms with Gasteiger partial charge >= 0.3 is 6.18 Å². The topological polar surface area (TPSA) is 29.1 Å². The fourth-order valence-corrected chi connectivity index (χ4v) is 5.14. The molecule has 1 aromatic heterocycles. The summed E-state index contributed by atoms with van der Waals surface area (Å²) in [6.45, 7) is 0. The van der Waals surface area contributed by atoms with Crippen molar-refractivity contribution < 1.29 is 18.0 Å². The van der Waals surface area contributed by atoms with E-state index < -0.39 is 17.6 Å². The Kier molecular flexibility index (Phi) is 6.60. The zero-order chi connectivity index (χ0) is 20.3. The molecule has 0 atom stereocenters. The zero-order valence-electron chi connectivity index (χ0n) is 14.0. The lowest BCUT2D eigenvalue weighted by Gasteiger charge is -2.10. The second-order valence-corrected chi connectivity index (χ2v) is 8.38. The van der Waals surface area contributed by atoms with Crippen LogP contribution in [0.3, 0.4) is 0 Å². The van der Waals surface area contributed by atoms with Crippen molar-refractivity contribution in [3.63, 3.8) is 0 Å². The summed E-state index contributed by atoms with van der Waals surface area (Å²) in [5.74, 6) is -0.0129. The van der Waals surface area contributed by atoms with Gasteiger partial charge in [0.15, 0.2) is 0 Å². The number of nitrogens with one attached hydrogen (secondary N) is 1. The Labute approximate surface area is 177 Å². The average molecular weight is 462 g/mol. The van der Waals surface area contributed by atoms with Gasteiger partial charge in [-0.05, 0) is 47.3 Å². The van der Waals surface area contributed by atoms with E-state index in [4.69, 9.17) is 23.2 Å². The highest BCUT2D eigenvalue weighted by Gasteiger charge is 2.30. The molecule has 0 saturated heterocycles. The molecule has 0 saturated carbocycles. The first kappa shape index (κ1) is 21.0. The van der Waals surface area contributed by atoms with Crippen LogP contribution < -0.4 is 5.32 Å². The van der Waals surface area contributed by atoms with Crippen molar-refractivity contribution in [3.8, 4) is 0 Å². The van der Waals surface area contributed by atoms with E-state index in [2.05, 4.69) is 5.32 Å². The highest BCUT2D eigenvalue weighted by atomic mass is 35.5. The number of rotatable bonds is 5. The molecule has 1 heterocycles. The quantitative estimate of drug-likeness (QED) is 0.395. The molecule has 146 valence electrons. The molecule has 0 aliphatic rings. The molecule has 0 spiro atoms. The van der Waals surface area contributed by atoms with Crippen LogP contribution in [0.2, 0.25) is 10.0 Å². The van der Waals surface area contributed by atoms with Gasteiger partial charge in [-0.25, -0.2) is 0 Å². The van der Waals surface area contributed by atoms with Gasteiger partial charge in [0.05, 0.1) is 5.56 Å². The maximum atomic E-state index is 12.8. The number of alkyl halides is 3. The number of thiophene rings is 1. The van der Waals surface area contributed by atoms with Gasteiger partial charge in [0.25, 0.3) is 5.91 Å². The summed E-state index contributed by atoms with van der Waals surface area (Å²) in [7, 11) is 0. The summed E-state index contributed by atoms with van der Waals surface area (Å²) < 4.78 is 38.5. The molecule has 2 nitrogen and oxygen atoms in total. The summed E-state index contributed by atoms with van der Waals surface area (Å²) in [5.41, 5.74) is 0.0176. The minimum Gasteiger partial charge on any atom is -0.321 e. The summed E-state index contributed by atoms with van der Waals surface area (Å²) in [6, 6.07) is 11.5. The number of hydrogen-bond donors (Lipinski definition) is 1. The molecule has 0 aliphatic heterocycles. The van der Waals surface area contributed by atoms with E-state index in [1.54, 1.807) is 29.6 Å². The molecule has 28 heavy (non-hydrogen) atoms. The van der Waals surface area contributed by atoms with Crippen LogP contribution >= 0.6 is 46.3 Å². The van der Waals surface area contributed by atoms with Crippen LogP contribution in [0.25, 0.3) is 0 Å². The van der Waals surface area contributed by atoms with Crippen LogP contribution in [0.15, 0.2) is 58.8 Å². The van der Waals surface area contributed by atoms with Gasteiger partial charge in [-0.1, -0.05) is 35.3 Å². The third-order valence-electron chi connectivity index (χ3n) is 3.72. The van der Waals surface area contributed by atoms with Gasteiger partial charge < -0.3 is 5.32 Å². The van der Waals surface area contributed by atoms with Crippen molar-refractivity contribution in [2.45, 2.75) is 16.8 Å². The van der Waals surface area contributed by atoms with E-state index in [-0.39, 0.29) is 5.69 Å². The molecule has 3 aromatic rings. The van der Waals surface area contributed by atoms with Crippen LogP contribution in [0, 0.1) is 0 Å². The van der Waals surface area contributed by atoms with E-state index in [0.29, 0.717) is 25.6 Å². The van der Waals surface area contributed by atoms with Crippen LogP contribution in [0.4, 0.5) is 18.9 Å². The smallest absolute Gasteiger partial charge is 0.321 e. The molecular formula is C19H12Cl2F3NOS2. The Morgan fingerprint density at radius 3 is 2.43 bits per heavy atom. The molecule has 0 unspecified atom stereocenters. The minimum atomic E-state index is -4.47. The number of anilines is 1. The molecule has 0 radical (unpaired) electrons. The van der Waals surface area contributed by atoms with E-state index in [1.165, 1.54) is 35.2 Å². The summed E-state index contributed by atoms with van der Waals surface area (Å²) in [4.78, 5) is 13.7. The van der Waals surface area contributed by atoms with Crippen LogP contribution in [0.1, 0.15) is 20.8 Å². The van der Waals surface area contributed by atoms with Crippen LogP contribution in [-0.2, 0) is 11.9 Å². The molecule has 0 fully saturated rings. The van der Waals surface area contributed by atoms with Crippen LogP contribution in [0.5, 0.6) is 0 Å². The predicted octanol–water partition coefficient (Wildman–Crippen LogP) is 7.62. The average Bonchev–Trinajstić information content (AvgIpc) is 3.09. The summed E-state index contributed by atoms with van der Waals surface area (Å²) >= 11 is 14.9. The largest absolute Gasteiger partial charge is 0.416 e. The fourth-order valence-electron chi connectivity index (χ4n) is 2.36. The van der Waals surface area contributed by atoms with Gasteiger partial charge in [-0.15, -0.1) is 23.1 Å². The highest BCUT2D eigenvalue weighted by Crippen LogP contribution is 2.35. The lowest BCUT2D eigenvalue weighted by molar-refractivity contribution is -0.137. The Balaban J connectivity index is 1.74. The Hall–Kier alpha value is -1.67. The number of carbonyl (C=O) groups excluding carboxylic acids is 1. The van der Waals surface area contributed by atoms with E-state index >= 15 is 0 Å². The summed E-state index contributed by atoms with van der Waals surface area (Å²) in [6.07, 6.45) is -4.47. The molecule has 9 heteroatoms. The Morgan fingerprint density at radius 1 is 1.07 bits per heavy atom. The molecule has 0 bridgehead atoms. The number of hydrogen-bond acceptors (Lipinski definition) is 3. The van der Waals surface area contributed by atoms with Gasteiger partial charge in [-0.2, -0.15) is 13.2 Å². The van der Waals surface area contributed by atoms with E-state index in [9.17, 15) is 18.0 Å². The normalized spacial score (nSPS) is 11.5.